The molecule has 0 aliphatic heterocycles. The number of esters is 1. The minimum atomic E-state index is -4.28. The Labute approximate surface area is 153 Å². The molecule has 0 bridgehead atoms. The fourth-order valence-electron chi connectivity index (χ4n) is 2.19. The van der Waals surface area contributed by atoms with E-state index in [1.54, 1.807) is 6.07 Å². The smallest absolute Gasteiger partial charge is 0.349 e. The van der Waals surface area contributed by atoms with Gasteiger partial charge in [0, 0.05) is 0 Å². The molecule has 0 heterocycles. The van der Waals surface area contributed by atoms with Crippen LogP contribution in [0.3, 0.4) is 0 Å². The van der Waals surface area contributed by atoms with Crippen molar-refractivity contribution in [2.24, 2.45) is 0 Å². The fraction of sp³-hybridized carbons (Fsp3) is 0.316. The molecule has 0 saturated heterocycles. The fourth-order valence-corrected chi connectivity index (χ4v) is 2.67. The van der Waals surface area contributed by atoms with E-state index in [4.69, 9.17) is 14.0 Å². The second-order valence-corrected chi connectivity index (χ2v) is 7.90. The van der Waals surface area contributed by atoms with Gasteiger partial charge in [-0.2, -0.15) is 8.42 Å². The SMILES string of the molecule is CCC(C)(C)c1cccc(OCC(=O)Oc2ccc(S(=O)(=O)O)cc2)c1. The van der Waals surface area contributed by atoms with E-state index in [1.807, 2.05) is 18.2 Å². The maximum absolute atomic E-state index is 11.9. The van der Waals surface area contributed by atoms with E-state index >= 15 is 0 Å². The zero-order valence-corrected chi connectivity index (χ0v) is 15.7. The number of carbonyl (C=O) groups excluding carboxylic acids is 1. The summed E-state index contributed by atoms with van der Waals surface area (Å²) in [6.07, 6.45) is 0.970. The Hall–Kier alpha value is -2.38. The molecule has 2 rings (SSSR count). The number of hydrogen-bond acceptors (Lipinski definition) is 5. The van der Waals surface area contributed by atoms with Crippen LogP contribution in [0, 0.1) is 0 Å². The third kappa shape index (κ3) is 5.31. The van der Waals surface area contributed by atoms with Crippen LogP contribution in [-0.4, -0.2) is 25.5 Å². The maximum Gasteiger partial charge on any atom is 0.349 e. The zero-order chi connectivity index (χ0) is 19.4. The summed E-state index contributed by atoms with van der Waals surface area (Å²) < 4.78 is 41.4. The molecule has 0 radical (unpaired) electrons. The Kier molecular flexibility index (Phi) is 6.05. The number of carbonyl (C=O) groups is 1. The molecule has 7 heteroatoms. The lowest BCUT2D eigenvalue weighted by molar-refractivity contribution is -0.136. The van der Waals surface area contributed by atoms with E-state index in [2.05, 4.69) is 20.8 Å². The molecule has 2 aromatic carbocycles. The highest BCUT2D eigenvalue weighted by Gasteiger charge is 2.18. The van der Waals surface area contributed by atoms with Gasteiger partial charge >= 0.3 is 5.97 Å². The van der Waals surface area contributed by atoms with Gasteiger partial charge in [0.1, 0.15) is 11.5 Å². The van der Waals surface area contributed by atoms with E-state index < -0.39 is 16.1 Å². The van der Waals surface area contributed by atoms with Gasteiger partial charge < -0.3 is 9.47 Å². The molecule has 0 atom stereocenters. The maximum atomic E-state index is 11.9. The van der Waals surface area contributed by atoms with Gasteiger partial charge in [-0.3, -0.25) is 4.55 Å². The number of hydrogen-bond donors (Lipinski definition) is 1. The largest absolute Gasteiger partial charge is 0.482 e. The summed E-state index contributed by atoms with van der Waals surface area (Å²) in [5.74, 6) is 0.110. The van der Waals surface area contributed by atoms with Crippen molar-refractivity contribution >= 4 is 16.1 Å². The minimum absolute atomic E-state index is 0.00860. The van der Waals surface area contributed by atoms with E-state index in [0.29, 0.717) is 5.75 Å². The average molecular weight is 378 g/mol. The molecule has 0 aliphatic rings. The first-order valence-electron chi connectivity index (χ1n) is 8.13. The molecular formula is C19H22O6S. The first-order chi connectivity index (χ1) is 12.1. The third-order valence-corrected chi connectivity index (χ3v) is 5.08. The summed E-state index contributed by atoms with van der Waals surface area (Å²) in [6, 6.07) is 12.4. The van der Waals surface area contributed by atoms with Crippen LogP contribution in [0.15, 0.2) is 53.4 Å². The molecule has 0 aliphatic carbocycles. The molecule has 140 valence electrons. The molecule has 2 aromatic rings. The monoisotopic (exact) mass is 378 g/mol. The topological polar surface area (TPSA) is 89.9 Å². The van der Waals surface area contributed by atoms with Crippen molar-refractivity contribution in [1.29, 1.82) is 0 Å². The highest BCUT2D eigenvalue weighted by molar-refractivity contribution is 7.85. The van der Waals surface area contributed by atoms with Crippen LogP contribution in [0.4, 0.5) is 0 Å². The van der Waals surface area contributed by atoms with Crippen LogP contribution < -0.4 is 9.47 Å². The van der Waals surface area contributed by atoms with Gasteiger partial charge in [0.15, 0.2) is 6.61 Å². The van der Waals surface area contributed by atoms with Gasteiger partial charge in [-0.25, -0.2) is 4.79 Å². The lowest BCUT2D eigenvalue weighted by Gasteiger charge is -2.23. The van der Waals surface area contributed by atoms with Crippen LogP contribution in [0.2, 0.25) is 0 Å². The van der Waals surface area contributed by atoms with Gasteiger partial charge in [0.25, 0.3) is 10.1 Å². The van der Waals surface area contributed by atoms with Gasteiger partial charge in [0.05, 0.1) is 4.90 Å². The van der Waals surface area contributed by atoms with Crippen molar-refractivity contribution in [2.75, 3.05) is 6.61 Å². The van der Waals surface area contributed by atoms with E-state index in [1.165, 1.54) is 12.1 Å². The number of benzene rings is 2. The van der Waals surface area contributed by atoms with E-state index in [0.717, 1.165) is 24.1 Å². The Morgan fingerprint density at radius 1 is 1.08 bits per heavy atom. The predicted octanol–water partition coefficient (Wildman–Crippen LogP) is 3.61. The first-order valence-corrected chi connectivity index (χ1v) is 9.57. The molecular weight excluding hydrogens is 356 g/mol. The van der Waals surface area contributed by atoms with Crippen molar-refractivity contribution in [2.45, 2.75) is 37.5 Å². The quantitative estimate of drug-likeness (QED) is 0.450. The second-order valence-electron chi connectivity index (χ2n) is 6.47. The predicted molar refractivity (Wildman–Crippen MR) is 97.1 cm³/mol. The molecule has 0 aromatic heterocycles. The highest BCUT2D eigenvalue weighted by atomic mass is 32.2. The van der Waals surface area contributed by atoms with Gasteiger partial charge in [-0.15, -0.1) is 0 Å². The van der Waals surface area contributed by atoms with Crippen molar-refractivity contribution in [3.63, 3.8) is 0 Å². The second kappa shape index (κ2) is 7.88. The minimum Gasteiger partial charge on any atom is -0.482 e. The Bertz CT molecular complexity index is 869. The van der Waals surface area contributed by atoms with Crippen molar-refractivity contribution in [1.82, 2.24) is 0 Å². The van der Waals surface area contributed by atoms with Gasteiger partial charge in [-0.1, -0.05) is 32.9 Å². The Balaban J connectivity index is 1.96. The molecule has 6 nitrogen and oxygen atoms in total. The number of ether oxygens (including phenoxy) is 2. The summed E-state index contributed by atoms with van der Waals surface area (Å²) in [4.78, 5) is 11.6. The van der Waals surface area contributed by atoms with E-state index in [-0.39, 0.29) is 22.7 Å². The average Bonchev–Trinajstić information content (AvgIpc) is 2.60. The molecule has 1 N–H and O–H groups in total. The molecule has 0 saturated carbocycles. The molecule has 0 fully saturated rings. The van der Waals surface area contributed by atoms with Crippen LogP contribution >= 0.6 is 0 Å². The summed E-state index contributed by atoms with van der Waals surface area (Å²) >= 11 is 0. The summed E-state index contributed by atoms with van der Waals surface area (Å²) in [6.45, 7) is 6.10. The van der Waals surface area contributed by atoms with E-state index in [9.17, 15) is 13.2 Å². The van der Waals surface area contributed by atoms with Crippen LogP contribution in [0.1, 0.15) is 32.8 Å². The summed E-state index contributed by atoms with van der Waals surface area (Å²) in [7, 11) is -4.28. The summed E-state index contributed by atoms with van der Waals surface area (Å²) in [5, 5.41) is 0. The Morgan fingerprint density at radius 3 is 2.31 bits per heavy atom. The summed E-state index contributed by atoms with van der Waals surface area (Å²) in [5.41, 5.74) is 1.13. The number of rotatable bonds is 7. The van der Waals surface area contributed by atoms with Gasteiger partial charge in [-0.05, 0) is 53.8 Å². The highest BCUT2D eigenvalue weighted by Crippen LogP contribution is 2.29. The lowest BCUT2D eigenvalue weighted by atomic mass is 9.82. The third-order valence-electron chi connectivity index (χ3n) is 4.21. The van der Waals surface area contributed by atoms with Crippen LogP contribution in [0.25, 0.3) is 0 Å². The molecule has 0 amide bonds. The van der Waals surface area contributed by atoms with Gasteiger partial charge in [0.2, 0.25) is 0 Å². The first kappa shape index (κ1) is 19.9. The standard InChI is InChI=1S/C19H22O6S/c1-4-19(2,3)14-6-5-7-16(12-14)24-13-18(20)25-15-8-10-17(11-9-15)26(21,22)23/h5-12H,4,13H2,1-3H3,(H,21,22,23). The zero-order valence-electron chi connectivity index (χ0n) is 14.9. The molecule has 0 unspecified atom stereocenters. The van der Waals surface area contributed by atoms with Crippen molar-refractivity contribution < 1.29 is 27.2 Å². The van der Waals surface area contributed by atoms with Crippen molar-refractivity contribution in [3.8, 4) is 11.5 Å². The van der Waals surface area contributed by atoms with Crippen LogP contribution in [0.5, 0.6) is 11.5 Å². The normalized spacial score (nSPS) is 11.8. The van der Waals surface area contributed by atoms with Crippen molar-refractivity contribution in [3.05, 3.63) is 54.1 Å². The van der Waals surface area contributed by atoms with Crippen LogP contribution in [-0.2, 0) is 20.3 Å². The Morgan fingerprint density at radius 2 is 1.73 bits per heavy atom. The lowest BCUT2D eigenvalue weighted by Crippen LogP contribution is -2.18. The molecule has 0 spiro atoms. The molecule has 26 heavy (non-hydrogen) atoms.